The van der Waals surface area contributed by atoms with E-state index in [0.717, 1.165) is 11.4 Å². The summed E-state index contributed by atoms with van der Waals surface area (Å²) in [6.45, 7) is 27.1. The van der Waals surface area contributed by atoms with Crippen LogP contribution in [0.25, 0.3) is 0 Å². The van der Waals surface area contributed by atoms with Gasteiger partial charge in [0.15, 0.2) is 0 Å². The van der Waals surface area contributed by atoms with Crippen molar-refractivity contribution in [2.24, 2.45) is 0 Å². The minimum absolute atomic E-state index is 0.0941. The van der Waals surface area contributed by atoms with Gasteiger partial charge in [-0.2, -0.15) is 0 Å². The number of anilines is 2. The Morgan fingerprint density at radius 3 is 1.05 bits per heavy atom. The van der Waals surface area contributed by atoms with Crippen LogP contribution in [-0.4, -0.2) is 4.98 Å². The number of nitrogens with one attached hydrogen (secondary N) is 2. The molecule has 2 atom stereocenters. The number of pyridine rings is 1. The lowest BCUT2D eigenvalue weighted by atomic mass is 9.90. The Bertz CT molecular complexity index is 1080. The molecule has 2 unspecified atom stereocenters. The molecule has 0 spiro atoms. The molecule has 0 aliphatic heterocycles. The summed E-state index contributed by atoms with van der Waals surface area (Å²) < 4.78 is 0. The zero-order chi connectivity index (χ0) is 28.3. The van der Waals surface area contributed by atoms with Gasteiger partial charge in [0.05, 0.1) is 23.5 Å². The van der Waals surface area contributed by atoms with Gasteiger partial charge in [0.1, 0.15) is 0 Å². The SMILES string of the molecule is Cc1cc(C(C)C)c(NC(C)c2cccc(C(C)Nc3c(C(C)C)cc(C)cc3C(C)C)n2)c(C(C)C)c1. The molecule has 0 saturated heterocycles. The van der Waals surface area contributed by atoms with Crippen molar-refractivity contribution in [3.8, 4) is 0 Å². The van der Waals surface area contributed by atoms with Crippen LogP contribution in [0.3, 0.4) is 0 Å². The number of hydrogen-bond acceptors (Lipinski definition) is 3. The highest BCUT2D eigenvalue weighted by molar-refractivity contribution is 5.63. The highest BCUT2D eigenvalue weighted by atomic mass is 15.0. The second kappa shape index (κ2) is 12.4. The van der Waals surface area contributed by atoms with E-state index >= 15 is 0 Å². The van der Waals surface area contributed by atoms with Crippen molar-refractivity contribution in [3.05, 3.63) is 87.2 Å². The number of aromatic nitrogens is 1. The van der Waals surface area contributed by atoms with Crippen molar-refractivity contribution in [3.63, 3.8) is 0 Å². The fourth-order valence-corrected chi connectivity index (χ4v) is 5.37. The van der Waals surface area contributed by atoms with E-state index in [1.807, 2.05) is 0 Å². The maximum Gasteiger partial charge on any atom is 0.0657 e. The van der Waals surface area contributed by atoms with Crippen LogP contribution in [0.15, 0.2) is 42.5 Å². The Balaban J connectivity index is 1.94. The van der Waals surface area contributed by atoms with Gasteiger partial charge in [-0.05, 0) is 85.8 Å². The second-order valence-corrected chi connectivity index (χ2v) is 12.5. The molecule has 2 N–H and O–H groups in total. The van der Waals surface area contributed by atoms with Crippen LogP contribution in [0.5, 0.6) is 0 Å². The van der Waals surface area contributed by atoms with E-state index in [-0.39, 0.29) is 12.1 Å². The Kier molecular flexibility index (Phi) is 9.68. The van der Waals surface area contributed by atoms with Crippen LogP contribution in [-0.2, 0) is 0 Å². The molecule has 0 radical (unpaired) electrons. The molecule has 1 heterocycles. The maximum absolute atomic E-state index is 5.17. The normalized spacial score (nSPS) is 13.5. The molecule has 38 heavy (non-hydrogen) atoms. The van der Waals surface area contributed by atoms with E-state index in [0.29, 0.717) is 23.7 Å². The van der Waals surface area contributed by atoms with Gasteiger partial charge >= 0.3 is 0 Å². The van der Waals surface area contributed by atoms with Gasteiger partial charge in [-0.25, -0.2) is 0 Å². The van der Waals surface area contributed by atoms with Gasteiger partial charge in [0.2, 0.25) is 0 Å². The molecule has 0 saturated carbocycles. The summed E-state index contributed by atoms with van der Waals surface area (Å²) in [5.41, 5.74) is 12.9. The third-order valence-corrected chi connectivity index (χ3v) is 7.58. The lowest BCUT2D eigenvalue weighted by Gasteiger charge is -2.27. The third-order valence-electron chi connectivity index (χ3n) is 7.58. The average Bonchev–Trinajstić information content (AvgIpc) is 2.84. The average molecular weight is 514 g/mol. The third kappa shape index (κ3) is 6.79. The van der Waals surface area contributed by atoms with Gasteiger partial charge in [0.25, 0.3) is 0 Å². The summed E-state index contributed by atoms with van der Waals surface area (Å²) in [5, 5.41) is 7.75. The van der Waals surface area contributed by atoms with Crippen molar-refractivity contribution in [2.75, 3.05) is 10.6 Å². The number of nitrogens with zero attached hydrogens (tertiary/aromatic N) is 1. The number of benzene rings is 2. The minimum Gasteiger partial charge on any atom is -0.376 e. The lowest BCUT2D eigenvalue weighted by Crippen LogP contribution is -2.17. The monoisotopic (exact) mass is 513 g/mol. The van der Waals surface area contributed by atoms with E-state index in [1.54, 1.807) is 0 Å². The predicted octanol–water partition coefficient (Wildman–Crippen LogP) is 10.5. The lowest BCUT2D eigenvalue weighted by molar-refractivity contribution is 0.760. The topological polar surface area (TPSA) is 37.0 Å². The first-order valence-electron chi connectivity index (χ1n) is 14.6. The molecule has 3 rings (SSSR count). The summed E-state index contributed by atoms with van der Waals surface area (Å²) in [6.07, 6.45) is 0. The molecule has 0 fully saturated rings. The van der Waals surface area contributed by atoms with E-state index < -0.39 is 0 Å². The van der Waals surface area contributed by atoms with E-state index in [4.69, 9.17) is 4.98 Å². The van der Waals surface area contributed by atoms with Crippen molar-refractivity contribution in [2.45, 2.75) is 119 Å². The highest BCUT2D eigenvalue weighted by Gasteiger charge is 2.21. The van der Waals surface area contributed by atoms with Gasteiger partial charge < -0.3 is 10.6 Å². The molecule has 3 nitrogen and oxygen atoms in total. The fourth-order valence-electron chi connectivity index (χ4n) is 5.37. The fraction of sp³-hybridized carbons (Fsp3) is 0.514. The smallest absolute Gasteiger partial charge is 0.0657 e. The molecule has 0 aliphatic carbocycles. The predicted molar refractivity (Wildman–Crippen MR) is 167 cm³/mol. The van der Waals surface area contributed by atoms with Crippen molar-refractivity contribution >= 4 is 11.4 Å². The summed E-state index contributed by atoms with van der Waals surface area (Å²) in [6, 6.07) is 16.0. The summed E-state index contributed by atoms with van der Waals surface area (Å²) in [5.74, 6) is 1.80. The molecule has 206 valence electrons. The molecule has 1 aromatic heterocycles. The van der Waals surface area contributed by atoms with Crippen LogP contribution in [0.2, 0.25) is 0 Å². The maximum atomic E-state index is 5.17. The Hall–Kier alpha value is -2.81. The molecule has 2 aromatic carbocycles. The molecular weight excluding hydrogens is 462 g/mol. The van der Waals surface area contributed by atoms with Crippen molar-refractivity contribution in [1.82, 2.24) is 4.98 Å². The zero-order valence-corrected chi connectivity index (χ0v) is 26.0. The van der Waals surface area contributed by atoms with Crippen LogP contribution < -0.4 is 10.6 Å². The zero-order valence-electron chi connectivity index (χ0n) is 26.0. The van der Waals surface area contributed by atoms with Gasteiger partial charge in [-0.15, -0.1) is 0 Å². The molecule has 3 heteroatoms. The van der Waals surface area contributed by atoms with Crippen LogP contribution in [0, 0.1) is 13.8 Å². The van der Waals surface area contributed by atoms with Crippen molar-refractivity contribution in [1.29, 1.82) is 0 Å². The van der Waals surface area contributed by atoms with Crippen LogP contribution in [0.4, 0.5) is 11.4 Å². The summed E-state index contributed by atoms with van der Waals surface area (Å²) in [7, 11) is 0. The molecular formula is C35H51N3. The van der Waals surface area contributed by atoms with Crippen LogP contribution in [0.1, 0.15) is 150 Å². The van der Waals surface area contributed by atoms with E-state index in [1.165, 1.54) is 44.8 Å². The van der Waals surface area contributed by atoms with E-state index in [9.17, 15) is 0 Å². The first-order valence-corrected chi connectivity index (χ1v) is 14.6. The molecule has 0 aliphatic rings. The number of hydrogen-bond donors (Lipinski definition) is 2. The number of aryl methyl sites for hydroxylation is 2. The summed E-state index contributed by atoms with van der Waals surface area (Å²) in [4.78, 5) is 5.17. The Labute approximate surface area is 232 Å². The minimum atomic E-state index is 0.0941. The Morgan fingerprint density at radius 1 is 0.500 bits per heavy atom. The van der Waals surface area contributed by atoms with E-state index in [2.05, 4.69) is 136 Å². The van der Waals surface area contributed by atoms with Gasteiger partial charge in [-0.1, -0.05) is 96.8 Å². The molecule has 0 bridgehead atoms. The quantitative estimate of drug-likeness (QED) is 0.283. The first-order chi connectivity index (χ1) is 17.8. The molecule has 0 amide bonds. The highest BCUT2D eigenvalue weighted by Crippen LogP contribution is 2.37. The largest absolute Gasteiger partial charge is 0.376 e. The second-order valence-electron chi connectivity index (χ2n) is 12.5. The van der Waals surface area contributed by atoms with Gasteiger partial charge in [0, 0.05) is 11.4 Å². The summed E-state index contributed by atoms with van der Waals surface area (Å²) >= 11 is 0. The van der Waals surface area contributed by atoms with Crippen LogP contribution >= 0.6 is 0 Å². The van der Waals surface area contributed by atoms with Gasteiger partial charge in [-0.3, -0.25) is 4.98 Å². The van der Waals surface area contributed by atoms with Crippen molar-refractivity contribution < 1.29 is 0 Å². The number of rotatable bonds is 10. The standard InChI is InChI=1S/C35H51N3/c1-20(2)28-16-24(9)17-29(21(3)4)34(28)36-26(11)32-14-13-15-33(38-32)27(12)37-35-30(22(5)6)18-25(10)19-31(35)23(7)8/h13-23,26-27,36-37H,1-12H3. The first kappa shape index (κ1) is 29.7. The molecule has 3 aromatic rings. The Morgan fingerprint density at radius 2 is 0.789 bits per heavy atom.